The predicted molar refractivity (Wildman–Crippen MR) is 115 cm³/mol. The first-order chi connectivity index (χ1) is 14.2. The number of hydrogen-bond donors (Lipinski definition) is 2. The maximum absolute atomic E-state index is 12.9. The van der Waals surface area contributed by atoms with Crippen LogP contribution in [0.4, 0.5) is 5.69 Å². The average Bonchev–Trinajstić information content (AvgIpc) is 3.26. The number of fused-ring (bicyclic) bond motifs is 3. The van der Waals surface area contributed by atoms with Crippen molar-refractivity contribution in [1.29, 1.82) is 0 Å². The van der Waals surface area contributed by atoms with Crippen molar-refractivity contribution in [3.8, 4) is 5.75 Å². The van der Waals surface area contributed by atoms with E-state index < -0.39 is 0 Å². The van der Waals surface area contributed by atoms with Crippen molar-refractivity contribution in [3.63, 3.8) is 0 Å². The van der Waals surface area contributed by atoms with E-state index in [1.54, 1.807) is 14.2 Å². The van der Waals surface area contributed by atoms with E-state index in [0.717, 1.165) is 24.3 Å². The SMILES string of the molecule is COCCCNC(=O)c1cccc2c1NC(c1ccc(OC)cc1)C1CC=CC21. The van der Waals surface area contributed by atoms with Gasteiger partial charge in [-0.25, -0.2) is 0 Å². The van der Waals surface area contributed by atoms with Crippen LogP contribution in [0.5, 0.6) is 5.75 Å². The van der Waals surface area contributed by atoms with Gasteiger partial charge in [-0.15, -0.1) is 0 Å². The van der Waals surface area contributed by atoms with Crippen LogP contribution >= 0.6 is 0 Å². The molecule has 4 rings (SSSR count). The van der Waals surface area contributed by atoms with Crippen LogP contribution in [-0.2, 0) is 4.74 Å². The third-order valence-electron chi connectivity index (χ3n) is 5.93. The van der Waals surface area contributed by atoms with E-state index in [-0.39, 0.29) is 11.9 Å². The molecule has 1 heterocycles. The first-order valence-electron chi connectivity index (χ1n) is 10.2. The van der Waals surface area contributed by atoms with Crippen molar-refractivity contribution >= 4 is 11.6 Å². The minimum atomic E-state index is -0.0423. The molecular weight excluding hydrogens is 364 g/mol. The molecule has 0 aromatic heterocycles. The molecule has 0 saturated carbocycles. The zero-order valence-corrected chi connectivity index (χ0v) is 17.0. The van der Waals surface area contributed by atoms with Crippen LogP contribution in [0.15, 0.2) is 54.6 Å². The Labute approximate surface area is 172 Å². The van der Waals surface area contributed by atoms with Crippen LogP contribution in [0.3, 0.4) is 0 Å². The summed E-state index contributed by atoms with van der Waals surface area (Å²) in [4.78, 5) is 12.9. The fourth-order valence-electron chi connectivity index (χ4n) is 4.47. The fourth-order valence-corrected chi connectivity index (χ4v) is 4.47. The summed E-state index contributed by atoms with van der Waals surface area (Å²) >= 11 is 0. The second kappa shape index (κ2) is 8.70. The molecule has 0 radical (unpaired) electrons. The van der Waals surface area contributed by atoms with E-state index >= 15 is 0 Å². The highest BCUT2D eigenvalue weighted by Crippen LogP contribution is 2.50. The number of nitrogens with one attached hydrogen (secondary N) is 2. The zero-order chi connectivity index (χ0) is 20.2. The van der Waals surface area contributed by atoms with Gasteiger partial charge in [-0.2, -0.15) is 0 Å². The lowest BCUT2D eigenvalue weighted by molar-refractivity contribution is 0.0949. The van der Waals surface area contributed by atoms with Crippen LogP contribution in [0, 0.1) is 5.92 Å². The van der Waals surface area contributed by atoms with Crippen molar-refractivity contribution in [3.05, 3.63) is 71.3 Å². The van der Waals surface area contributed by atoms with Gasteiger partial charge in [-0.05, 0) is 48.1 Å². The van der Waals surface area contributed by atoms with E-state index in [4.69, 9.17) is 9.47 Å². The van der Waals surface area contributed by atoms with Gasteiger partial charge in [0.2, 0.25) is 0 Å². The molecule has 2 aromatic carbocycles. The van der Waals surface area contributed by atoms with Crippen LogP contribution in [-0.4, -0.2) is 33.3 Å². The Morgan fingerprint density at radius 1 is 1.17 bits per heavy atom. The second-order valence-electron chi connectivity index (χ2n) is 7.62. The number of anilines is 1. The molecule has 0 saturated heterocycles. The Morgan fingerprint density at radius 2 is 2.00 bits per heavy atom. The lowest BCUT2D eigenvalue weighted by Crippen LogP contribution is -2.32. The van der Waals surface area contributed by atoms with E-state index in [2.05, 4.69) is 41.0 Å². The zero-order valence-electron chi connectivity index (χ0n) is 17.0. The van der Waals surface area contributed by atoms with Gasteiger partial charge < -0.3 is 20.1 Å². The number of ether oxygens (including phenoxy) is 2. The maximum atomic E-state index is 12.9. The number of amides is 1. The Morgan fingerprint density at radius 3 is 2.76 bits per heavy atom. The first-order valence-corrected chi connectivity index (χ1v) is 10.2. The summed E-state index contributed by atoms with van der Waals surface area (Å²) in [7, 11) is 3.35. The first kappa shape index (κ1) is 19.5. The van der Waals surface area contributed by atoms with Gasteiger partial charge in [-0.3, -0.25) is 4.79 Å². The largest absolute Gasteiger partial charge is 0.497 e. The van der Waals surface area contributed by atoms with Gasteiger partial charge in [0.25, 0.3) is 5.91 Å². The third kappa shape index (κ3) is 3.87. The number of methoxy groups -OCH3 is 2. The summed E-state index contributed by atoms with van der Waals surface area (Å²) in [6, 6.07) is 14.4. The van der Waals surface area contributed by atoms with Crippen molar-refractivity contribution in [1.82, 2.24) is 5.32 Å². The molecule has 1 aliphatic carbocycles. The van der Waals surface area contributed by atoms with Gasteiger partial charge in [0.15, 0.2) is 0 Å². The second-order valence-corrected chi connectivity index (χ2v) is 7.62. The molecule has 1 aliphatic heterocycles. The number of carbonyl (C=O) groups is 1. The fraction of sp³-hybridized carbons (Fsp3) is 0.375. The molecule has 0 bridgehead atoms. The van der Waals surface area contributed by atoms with Gasteiger partial charge in [-0.1, -0.05) is 36.4 Å². The Balaban J connectivity index is 1.63. The Hall–Kier alpha value is -2.79. The minimum absolute atomic E-state index is 0.0423. The van der Waals surface area contributed by atoms with E-state index in [1.165, 1.54) is 11.1 Å². The van der Waals surface area contributed by atoms with E-state index in [1.807, 2.05) is 24.3 Å². The summed E-state index contributed by atoms with van der Waals surface area (Å²) in [5.41, 5.74) is 4.08. The summed E-state index contributed by atoms with van der Waals surface area (Å²) in [5.74, 6) is 1.57. The number of allylic oxidation sites excluding steroid dienone is 2. The smallest absolute Gasteiger partial charge is 0.253 e. The Bertz CT molecular complexity index is 891. The standard InChI is InChI=1S/C24H28N2O3/c1-28-15-5-14-25-24(27)21-9-4-8-20-18-6-3-7-19(18)22(26-23(20)21)16-10-12-17(29-2)13-11-16/h3-4,6,8-13,18-19,22,26H,5,7,14-15H2,1-2H3,(H,25,27). The van der Waals surface area contributed by atoms with E-state index in [9.17, 15) is 4.79 Å². The normalized spacial score (nSPS) is 21.8. The summed E-state index contributed by atoms with van der Waals surface area (Å²) in [6.07, 6.45) is 6.38. The quantitative estimate of drug-likeness (QED) is 0.545. The van der Waals surface area contributed by atoms with E-state index in [0.29, 0.717) is 30.6 Å². The van der Waals surface area contributed by atoms with Crippen molar-refractivity contribution in [2.75, 3.05) is 32.7 Å². The number of benzene rings is 2. The molecule has 5 nitrogen and oxygen atoms in total. The minimum Gasteiger partial charge on any atom is -0.497 e. The van der Waals surface area contributed by atoms with Crippen molar-refractivity contribution in [2.24, 2.45) is 5.92 Å². The molecule has 5 heteroatoms. The average molecular weight is 392 g/mol. The molecule has 29 heavy (non-hydrogen) atoms. The highest BCUT2D eigenvalue weighted by atomic mass is 16.5. The predicted octanol–water partition coefficient (Wildman–Crippen LogP) is 4.29. The molecule has 152 valence electrons. The molecule has 2 N–H and O–H groups in total. The Kier molecular flexibility index (Phi) is 5.86. The lowest BCUT2D eigenvalue weighted by atomic mass is 9.76. The third-order valence-corrected chi connectivity index (χ3v) is 5.93. The highest BCUT2D eigenvalue weighted by molar-refractivity contribution is 6.00. The summed E-state index contributed by atoms with van der Waals surface area (Å²) < 4.78 is 10.4. The van der Waals surface area contributed by atoms with Crippen LogP contribution in [0.2, 0.25) is 0 Å². The number of para-hydroxylation sites is 1. The van der Waals surface area contributed by atoms with Crippen molar-refractivity contribution < 1.29 is 14.3 Å². The summed E-state index contributed by atoms with van der Waals surface area (Å²) in [5, 5.41) is 6.73. The van der Waals surface area contributed by atoms with Crippen LogP contribution in [0.25, 0.3) is 0 Å². The molecule has 0 spiro atoms. The van der Waals surface area contributed by atoms with Gasteiger partial charge >= 0.3 is 0 Å². The number of rotatable bonds is 7. The topological polar surface area (TPSA) is 59.6 Å². The maximum Gasteiger partial charge on any atom is 0.253 e. The monoisotopic (exact) mass is 392 g/mol. The highest BCUT2D eigenvalue weighted by Gasteiger charge is 2.39. The van der Waals surface area contributed by atoms with Gasteiger partial charge in [0, 0.05) is 26.2 Å². The summed E-state index contributed by atoms with van der Waals surface area (Å²) in [6.45, 7) is 1.24. The van der Waals surface area contributed by atoms with Gasteiger partial charge in [0.05, 0.1) is 24.4 Å². The van der Waals surface area contributed by atoms with Crippen LogP contribution in [0.1, 0.15) is 46.3 Å². The number of carbonyl (C=O) groups excluding carboxylic acids is 1. The molecule has 3 unspecified atom stereocenters. The molecule has 1 amide bonds. The molecule has 2 aliphatic rings. The molecular formula is C24H28N2O3. The van der Waals surface area contributed by atoms with Gasteiger partial charge in [0.1, 0.15) is 5.75 Å². The number of hydrogen-bond acceptors (Lipinski definition) is 4. The molecule has 2 aromatic rings. The van der Waals surface area contributed by atoms with Crippen LogP contribution < -0.4 is 15.4 Å². The molecule has 3 atom stereocenters. The lowest BCUT2D eigenvalue weighted by Gasteiger charge is -2.38. The molecule has 0 fully saturated rings. The van der Waals surface area contributed by atoms with Crippen molar-refractivity contribution in [2.45, 2.75) is 24.8 Å².